The fraction of sp³-hybridized carbons (Fsp3) is 0.300. The minimum atomic E-state index is -0.713. The molecule has 0 saturated carbocycles. The summed E-state index contributed by atoms with van der Waals surface area (Å²) < 4.78 is 11.6. The molecule has 0 spiro atoms. The number of nitrogens with one attached hydrogen (secondary N) is 1. The zero-order valence-corrected chi connectivity index (χ0v) is 25.3. The lowest BCUT2D eigenvalue weighted by Crippen LogP contribution is -2.38. The predicted octanol–water partition coefficient (Wildman–Crippen LogP) is 5.21. The molecule has 0 fully saturated rings. The number of allylic oxidation sites excluding steroid dienone is 3. The van der Waals surface area contributed by atoms with Gasteiger partial charge in [-0.1, -0.05) is 41.3 Å². The summed E-state index contributed by atoms with van der Waals surface area (Å²) in [6.45, 7) is 3.90. The Morgan fingerprint density at radius 3 is 2.64 bits per heavy atom. The molecule has 1 aromatic heterocycles. The lowest BCUT2D eigenvalue weighted by Gasteiger charge is -2.38. The van der Waals surface area contributed by atoms with Gasteiger partial charge in [-0.25, -0.2) is 0 Å². The monoisotopic (exact) mass is 602 g/mol. The number of nitriles is 1. The van der Waals surface area contributed by atoms with Gasteiger partial charge in [-0.2, -0.15) is 5.26 Å². The normalized spacial score (nSPS) is 16.7. The number of carbonyl (C=O) groups excluding carboxylic acids is 2. The third-order valence-corrected chi connectivity index (χ3v) is 9.36. The molecule has 10 nitrogen and oxygen atoms in total. The van der Waals surface area contributed by atoms with E-state index in [4.69, 9.17) is 15.2 Å². The quantitative estimate of drug-likeness (QED) is 0.330. The van der Waals surface area contributed by atoms with Crippen molar-refractivity contribution in [3.63, 3.8) is 0 Å². The molecule has 2 aliphatic rings. The Morgan fingerprint density at radius 2 is 1.95 bits per heavy atom. The van der Waals surface area contributed by atoms with Crippen molar-refractivity contribution in [2.24, 2.45) is 5.73 Å². The standard InChI is InChI=1S/C30H30N6O4S2/c1-16-7-5-8-17(2)27(16)33-24(38)15-41-30-35-34-29(42-30)36-21-9-6-10-22(37)26(21)25(20(14-31)28(36)32)19-13-18(39-3)11-12-23(19)40-4/h5,7-8,11-13,25H,6,9-10,15,32H2,1-4H3,(H,33,38). The maximum absolute atomic E-state index is 13.5. The summed E-state index contributed by atoms with van der Waals surface area (Å²) in [5, 5.41) is 22.4. The van der Waals surface area contributed by atoms with Gasteiger partial charge in [0.1, 0.15) is 17.3 Å². The zero-order valence-electron chi connectivity index (χ0n) is 23.7. The minimum Gasteiger partial charge on any atom is -0.497 e. The fourth-order valence-corrected chi connectivity index (χ4v) is 7.03. The van der Waals surface area contributed by atoms with Crippen molar-refractivity contribution in [2.45, 2.75) is 43.4 Å². The molecule has 3 aromatic rings. The van der Waals surface area contributed by atoms with E-state index in [9.17, 15) is 14.9 Å². The number of anilines is 2. The van der Waals surface area contributed by atoms with E-state index >= 15 is 0 Å². The number of ketones is 1. The molecule has 5 rings (SSSR count). The number of carbonyl (C=O) groups is 2. The second-order valence-corrected chi connectivity index (χ2v) is 12.1. The molecular formula is C30H30N6O4S2. The number of aromatic nitrogens is 2. The van der Waals surface area contributed by atoms with Gasteiger partial charge in [-0.15, -0.1) is 10.2 Å². The van der Waals surface area contributed by atoms with Crippen molar-refractivity contribution in [3.05, 3.63) is 75.8 Å². The number of methoxy groups -OCH3 is 2. The van der Waals surface area contributed by atoms with Gasteiger partial charge in [0.25, 0.3) is 0 Å². The van der Waals surface area contributed by atoms with E-state index in [1.807, 2.05) is 32.0 Å². The Bertz CT molecular complexity index is 1650. The van der Waals surface area contributed by atoms with E-state index < -0.39 is 5.92 Å². The topological polar surface area (TPSA) is 143 Å². The molecule has 1 unspecified atom stereocenters. The molecule has 12 heteroatoms. The van der Waals surface area contributed by atoms with Gasteiger partial charge in [-0.05, 0) is 56.0 Å². The van der Waals surface area contributed by atoms with E-state index in [-0.39, 0.29) is 28.8 Å². The van der Waals surface area contributed by atoms with Gasteiger partial charge in [-0.3, -0.25) is 14.5 Å². The molecule has 2 heterocycles. The van der Waals surface area contributed by atoms with Crippen molar-refractivity contribution in [3.8, 4) is 17.6 Å². The predicted molar refractivity (Wildman–Crippen MR) is 163 cm³/mol. The molecular weight excluding hydrogens is 573 g/mol. The van der Waals surface area contributed by atoms with Crippen LogP contribution in [-0.4, -0.2) is 41.9 Å². The third-order valence-electron chi connectivity index (χ3n) is 7.32. The van der Waals surface area contributed by atoms with Crippen LogP contribution in [0.3, 0.4) is 0 Å². The molecule has 42 heavy (non-hydrogen) atoms. The molecule has 2 aromatic carbocycles. The van der Waals surface area contributed by atoms with Crippen molar-refractivity contribution >= 4 is 45.6 Å². The smallest absolute Gasteiger partial charge is 0.234 e. The van der Waals surface area contributed by atoms with Crippen LogP contribution < -0.4 is 25.4 Å². The van der Waals surface area contributed by atoms with Crippen LogP contribution in [-0.2, 0) is 9.59 Å². The Kier molecular flexibility index (Phi) is 8.51. The van der Waals surface area contributed by atoms with Crippen LogP contribution >= 0.6 is 23.1 Å². The summed E-state index contributed by atoms with van der Waals surface area (Å²) >= 11 is 2.51. The summed E-state index contributed by atoms with van der Waals surface area (Å²) in [5.74, 6) is 0.489. The maximum atomic E-state index is 13.5. The fourth-order valence-electron chi connectivity index (χ4n) is 5.35. The SMILES string of the molecule is COc1ccc(OC)c(C2C(C#N)=C(N)N(c3nnc(SCC(=O)Nc4c(C)cccc4C)s3)C3=C2C(=O)CCC3)c1. The summed E-state index contributed by atoms with van der Waals surface area (Å²) in [6, 6.07) is 13.4. The molecule has 1 aliphatic carbocycles. The van der Waals surface area contributed by atoms with E-state index in [2.05, 4.69) is 21.6 Å². The highest BCUT2D eigenvalue weighted by molar-refractivity contribution is 8.01. The van der Waals surface area contributed by atoms with Gasteiger partial charge < -0.3 is 20.5 Å². The molecule has 216 valence electrons. The van der Waals surface area contributed by atoms with Crippen LogP contribution in [0.15, 0.2) is 63.4 Å². The van der Waals surface area contributed by atoms with Crippen LogP contribution in [0.5, 0.6) is 11.5 Å². The zero-order chi connectivity index (χ0) is 30.0. The Labute approximate surface area is 252 Å². The van der Waals surface area contributed by atoms with Gasteiger partial charge >= 0.3 is 0 Å². The molecule has 1 atom stereocenters. The van der Waals surface area contributed by atoms with Crippen molar-refractivity contribution in [1.29, 1.82) is 5.26 Å². The third kappa shape index (κ3) is 5.45. The number of nitrogens with two attached hydrogens (primary N) is 1. The highest BCUT2D eigenvalue weighted by Gasteiger charge is 2.42. The second-order valence-electron chi connectivity index (χ2n) is 9.88. The second kappa shape index (κ2) is 12.3. The highest BCUT2D eigenvalue weighted by atomic mass is 32.2. The number of rotatable bonds is 8. The van der Waals surface area contributed by atoms with E-state index in [1.165, 1.54) is 23.1 Å². The van der Waals surface area contributed by atoms with E-state index in [0.29, 0.717) is 57.1 Å². The molecule has 0 saturated heterocycles. The van der Waals surface area contributed by atoms with Crippen LogP contribution in [0.4, 0.5) is 10.8 Å². The summed E-state index contributed by atoms with van der Waals surface area (Å²) in [6.07, 6.45) is 1.58. The summed E-state index contributed by atoms with van der Waals surface area (Å²) in [7, 11) is 3.10. The first-order valence-electron chi connectivity index (χ1n) is 13.3. The summed E-state index contributed by atoms with van der Waals surface area (Å²) in [5.41, 5.74) is 11.5. The number of aryl methyl sites for hydroxylation is 2. The van der Waals surface area contributed by atoms with Gasteiger partial charge in [0.2, 0.25) is 11.0 Å². The molecule has 3 N–H and O–H groups in total. The number of ether oxygens (including phenoxy) is 2. The number of hydrogen-bond donors (Lipinski definition) is 2. The largest absolute Gasteiger partial charge is 0.497 e. The van der Waals surface area contributed by atoms with Crippen LogP contribution in [0, 0.1) is 25.2 Å². The van der Waals surface area contributed by atoms with Gasteiger partial charge in [0.05, 0.1) is 37.5 Å². The lowest BCUT2D eigenvalue weighted by molar-refractivity contribution is -0.116. The van der Waals surface area contributed by atoms with Crippen LogP contribution in [0.1, 0.15) is 41.9 Å². The van der Waals surface area contributed by atoms with Crippen molar-refractivity contribution in [2.75, 3.05) is 30.2 Å². The van der Waals surface area contributed by atoms with Gasteiger partial charge in [0, 0.05) is 28.9 Å². The van der Waals surface area contributed by atoms with Crippen molar-refractivity contribution in [1.82, 2.24) is 10.2 Å². The number of para-hydroxylation sites is 1. The average molecular weight is 603 g/mol. The Hall–Kier alpha value is -4.34. The first kappa shape index (κ1) is 29.2. The number of hydrogen-bond acceptors (Lipinski definition) is 11. The number of thioether (sulfide) groups is 1. The molecule has 1 aliphatic heterocycles. The van der Waals surface area contributed by atoms with Crippen molar-refractivity contribution < 1.29 is 19.1 Å². The van der Waals surface area contributed by atoms with E-state index in [1.54, 1.807) is 37.3 Å². The molecule has 1 amide bonds. The average Bonchev–Trinajstić information content (AvgIpc) is 3.45. The Morgan fingerprint density at radius 1 is 1.19 bits per heavy atom. The molecule has 0 radical (unpaired) electrons. The van der Waals surface area contributed by atoms with Crippen LogP contribution in [0.25, 0.3) is 0 Å². The maximum Gasteiger partial charge on any atom is 0.234 e. The van der Waals surface area contributed by atoms with Gasteiger partial charge in [0.15, 0.2) is 10.1 Å². The number of nitrogens with zero attached hydrogens (tertiary/aromatic N) is 4. The first-order chi connectivity index (χ1) is 20.3. The number of Topliss-reactive ketones (excluding diaryl/α,β-unsaturated/α-hetero) is 1. The Balaban J connectivity index is 1.46. The van der Waals surface area contributed by atoms with E-state index in [0.717, 1.165) is 16.8 Å². The number of benzene rings is 2. The first-order valence-corrected chi connectivity index (χ1v) is 15.1. The number of amides is 1. The summed E-state index contributed by atoms with van der Waals surface area (Å²) in [4.78, 5) is 27.9. The lowest BCUT2D eigenvalue weighted by atomic mass is 9.75. The van der Waals surface area contributed by atoms with Crippen LogP contribution in [0.2, 0.25) is 0 Å². The minimum absolute atomic E-state index is 0.0568. The highest BCUT2D eigenvalue weighted by Crippen LogP contribution is 2.49. The molecule has 0 bridgehead atoms.